The van der Waals surface area contributed by atoms with Crippen molar-refractivity contribution in [1.29, 1.82) is 0 Å². The van der Waals surface area contributed by atoms with Crippen LogP contribution in [0.4, 0.5) is 5.13 Å². The van der Waals surface area contributed by atoms with E-state index in [2.05, 4.69) is 25.8 Å². The number of nitrogens with zero attached hydrogens (tertiary/aromatic N) is 3. The molecule has 228 valence electrons. The summed E-state index contributed by atoms with van der Waals surface area (Å²) in [5.74, 6) is -0.278. The Bertz CT molecular complexity index is 1230. The van der Waals surface area contributed by atoms with Gasteiger partial charge in [-0.1, -0.05) is 26.0 Å². The third-order valence-corrected chi connectivity index (χ3v) is 8.99. The molecule has 3 fully saturated rings. The summed E-state index contributed by atoms with van der Waals surface area (Å²) in [5.41, 5.74) is 2.14. The van der Waals surface area contributed by atoms with Gasteiger partial charge in [-0.15, -0.1) is 11.3 Å². The van der Waals surface area contributed by atoms with Gasteiger partial charge in [0.2, 0.25) is 11.8 Å². The largest absolute Gasteiger partial charge is 0.379 e. The number of thiazole rings is 1. The number of anilines is 1. The van der Waals surface area contributed by atoms with E-state index in [0.717, 1.165) is 57.7 Å². The Hall–Kier alpha value is -2.90. The van der Waals surface area contributed by atoms with Crippen molar-refractivity contribution < 1.29 is 24.2 Å². The molecule has 12 heteroatoms. The van der Waals surface area contributed by atoms with Crippen LogP contribution in [0.15, 0.2) is 29.6 Å². The lowest BCUT2D eigenvalue weighted by molar-refractivity contribution is -0.130. The van der Waals surface area contributed by atoms with Crippen LogP contribution in [0.2, 0.25) is 0 Å². The number of hydrogen-bond acceptors (Lipinski definition) is 9. The van der Waals surface area contributed by atoms with Crippen LogP contribution >= 0.6 is 11.3 Å². The molecule has 0 spiro atoms. The van der Waals surface area contributed by atoms with E-state index in [1.54, 1.807) is 17.0 Å². The number of aliphatic hydroxyl groups is 1. The van der Waals surface area contributed by atoms with Crippen molar-refractivity contribution in [3.05, 3.63) is 35.2 Å². The fourth-order valence-corrected chi connectivity index (χ4v) is 6.23. The molecule has 3 aliphatic rings. The molecule has 11 nitrogen and oxygen atoms in total. The number of nitrogens with one attached hydrogen (secondary N) is 3. The molecule has 0 bridgehead atoms. The minimum Gasteiger partial charge on any atom is -0.379 e. The molecule has 3 amide bonds. The lowest BCUT2D eigenvalue weighted by Crippen LogP contribution is -2.57. The van der Waals surface area contributed by atoms with Crippen LogP contribution in [0.5, 0.6) is 0 Å². The Balaban J connectivity index is 1.14. The third kappa shape index (κ3) is 7.73. The molecule has 2 aromatic rings. The van der Waals surface area contributed by atoms with Crippen molar-refractivity contribution in [1.82, 2.24) is 25.4 Å². The highest BCUT2D eigenvalue weighted by atomic mass is 32.1. The summed E-state index contributed by atoms with van der Waals surface area (Å²) in [4.78, 5) is 46.9. The third-order valence-electron chi connectivity index (χ3n) is 8.23. The van der Waals surface area contributed by atoms with Crippen molar-refractivity contribution in [3.8, 4) is 11.3 Å². The van der Waals surface area contributed by atoms with E-state index in [9.17, 15) is 19.5 Å². The number of aromatic nitrogens is 1. The molecule has 4 N–H and O–H groups in total. The zero-order chi connectivity index (χ0) is 29.6. The topological polar surface area (TPSA) is 136 Å². The van der Waals surface area contributed by atoms with E-state index < -0.39 is 18.3 Å². The van der Waals surface area contributed by atoms with Crippen LogP contribution in [-0.2, 0) is 14.3 Å². The normalized spacial score (nSPS) is 21.2. The quantitative estimate of drug-likeness (QED) is 0.292. The van der Waals surface area contributed by atoms with Gasteiger partial charge in [-0.05, 0) is 43.7 Å². The summed E-state index contributed by atoms with van der Waals surface area (Å²) in [6.07, 6.45) is 2.25. The molecule has 1 aromatic carbocycles. The Labute approximate surface area is 251 Å². The number of ether oxygens (including phenoxy) is 1. The maximum Gasteiger partial charge on any atom is 0.251 e. The molecule has 2 aliphatic heterocycles. The summed E-state index contributed by atoms with van der Waals surface area (Å²) >= 11 is 1.33. The van der Waals surface area contributed by atoms with Gasteiger partial charge in [-0.3, -0.25) is 24.2 Å². The van der Waals surface area contributed by atoms with Crippen LogP contribution in [-0.4, -0.2) is 102 Å². The molecule has 0 radical (unpaired) electrons. The van der Waals surface area contributed by atoms with E-state index in [4.69, 9.17) is 4.74 Å². The Morgan fingerprint density at radius 3 is 2.50 bits per heavy atom. The molecule has 1 aliphatic carbocycles. The standard InChI is InChI=1S/C30H42N6O5S/c1-19(2)25(33-27(38)22-9-10-22)29(40)36-12-3-4-24(36)28(39)34-30-32-23(18-42-30)20-5-7-21(8-6-20)26(37)31-11-13-35-14-16-41-17-15-35/h5-8,18-19,22,24-25,29,40H,3-4,9-17H2,1-2H3,(H,31,37)(H,33,38)(H,32,34,39). The predicted molar refractivity (Wildman–Crippen MR) is 161 cm³/mol. The van der Waals surface area contributed by atoms with Crippen LogP contribution in [0.3, 0.4) is 0 Å². The van der Waals surface area contributed by atoms with Crippen molar-refractivity contribution >= 4 is 34.2 Å². The van der Waals surface area contributed by atoms with Crippen molar-refractivity contribution in [2.24, 2.45) is 11.8 Å². The highest BCUT2D eigenvalue weighted by Crippen LogP contribution is 2.31. The number of carbonyl (C=O) groups excluding carboxylic acids is 3. The molecule has 5 rings (SSSR count). The number of rotatable bonds is 12. The molecule has 3 atom stereocenters. The van der Waals surface area contributed by atoms with Gasteiger partial charge in [0.15, 0.2) is 5.13 Å². The van der Waals surface area contributed by atoms with Gasteiger partial charge >= 0.3 is 0 Å². The summed E-state index contributed by atoms with van der Waals surface area (Å²) < 4.78 is 5.36. The van der Waals surface area contributed by atoms with Gasteiger partial charge in [-0.25, -0.2) is 4.98 Å². The number of carbonyl (C=O) groups is 3. The molecular formula is C30H42N6O5S. The first kappa shape index (κ1) is 30.6. The zero-order valence-corrected chi connectivity index (χ0v) is 25.2. The SMILES string of the molecule is CC(C)C(NC(=O)C1CC1)C(O)N1CCCC1C(=O)Nc1nc(-c2ccc(C(=O)NCCN3CCOCC3)cc2)cs1. The van der Waals surface area contributed by atoms with Gasteiger partial charge in [0.25, 0.3) is 5.91 Å². The Kier molecular flexibility index (Phi) is 10.2. The maximum absolute atomic E-state index is 13.3. The fraction of sp³-hybridized carbons (Fsp3) is 0.600. The molecule has 3 heterocycles. The first-order valence-corrected chi connectivity index (χ1v) is 15.9. The second-order valence-electron chi connectivity index (χ2n) is 11.7. The summed E-state index contributed by atoms with van der Waals surface area (Å²) in [6, 6.07) is 6.31. The summed E-state index contributed by atoms with van der Waals surface area (Å²) in [5, 5.41) is 22.5. The predicted octanol–water partition coefficient (Wildman–Crippen LogP) is 2.14. The van der Waals surface area contributed by atoms with Crippen LogP contribution in [0, 0.1) is 11.8 Å². The van der Waals surface area contributed by atoms with E-state index in [0.29, 0.717) is 35.9 Å². The fourth-order valence-electron chi connectivity index (χ4n) is 5.51. The second-order valence-corrected chi connectivity index (χ2v) is 12.5. The molecule has 3 unspecified atom stereocenters. The molecule has 1 aromatic heterocycles. The maximum atomic E-state index is 13.3. The Morgan fingerprint density at radius 1 is 1.07 bits per heavy atom. The van der Waals surface area contributed by atoms with Gasteiger partial charge in [-0.2, -0.15) is 0 Å². The average molecular weight is 599 g/mol. The van der Waals surface area contributed by atoms with Gasteiger partial charge in [0.05, 0.1) is 31.0 Å². The Morgan fingerprint density at radius 2 is 1.81 bits per heavy atom. The van der Waals surface area contributed by atoms with Crippen molar-refractivity contribution in [2.75, 3.05) is 51.3 Å². The zero-order valence-electron chi connectivity index (χ0n) is 24.4. The minimum atomic E-state index is -0.951. The lowest BCUT2D eigenvalue weighted by Gasteiger charge is -2.36. The van der Waals surface area contributed by atoms with Crippen LogP contribution < -0.4 is 16.0 Å². The average Bonchev–Trinajstić information content (AvgIpc) is 3.54. The monoisotopic (exact) mass is 598 g/mol. The number of hydrogen-bond donors (Lipinski definition) is 4. The summed E-state index contributed by atoms with van der Waals surface area (Å²) in [6.45, 7) is 9.15. The first-order chi connectivity index (χ1) is 20.3. The van der Waals surface area contributed by atoms with E-state index in [1.807, 2.05) is 31.4 Å². The molecule has 1 saturated carbocycles. The molecule has 2 saturated heterocycles. The molecule has 42 heavy (non-hydrogen) atoms. The van der Waals surface area contributed by atoms with Crippen LogP contribution in [0.1, 0.15) is 49.9 Å². The van der Waals surface area contributed by atoms with Crippen molar-refractivity contribution in [2.45, 2.75) is 57.8 Å². The number of likely N-dealkylation sites (tertiary alicyclic amines) is 1. The number of benzene rings is 1. The van der Waals surface area contributed by atoms with E-state index in [-0.39, 0.29) is 29.6 Å². The lowest BCUT2D eigenvalue weighted by atomic mass is 10.0. The number of amides is 3. The van der Waals surface area contributed by atoms with Crippen LogP contribution in [0.25, 0.3) is 11.3 Å². The highest BCUT2D eigenvalue weighted by Gasteiger charge is 2.41. The van der Waals surface area contributed by atoms with E-state index >= 15 is 0 Å². The smallest absolute Gasteiger partial charge is 0.251 e. The van der Waals surface area contributed by atoms with E-state index in [1.165, 1.54) is 11.3 Å². The number of morpholine rings is 1. The van der Waals surface area contributed by atoms with Gasteiger partial charge in [0, 0.05) is 55.1 Å². The number of aliphatic hydroxyl groups excluding tert-OH is 1. The van der Waals surface area contributed by atoms with Gasteiger partial charge < -0.3 is 25.8 Å². The van der Waals surface area contributed by atoms with Crippen molar-refractivity contribution in [3.63, 3.8) is 0 Å². The first-order valence-electron chi connectivity index (χ1n) is 15.0. The highest BCUT2D eigenvalue weighted by molar-refractivity contribution is 7.14. The summed E-state index contributed by atoms with van der Waals surface area (Å²) in [7, 11) is 0. The second kappa shape index (κ2) is 14.0. The minimum absolute atomic E-state index is 0.0132. The molecular weight excluding hydrogens is 556 g/mol. The van der Waals surface area contributed by atoms with Gasteiger partial charge in [0.1, 0.15) is 6.23 Å².